The number of amides is 1. The second-order valence-electron chi connectivity index (χ2n) is 6.65. The molecule has 0 unspecified atom stereocenters. The van der Waals surface area contributed by atoms with Gasteiger partial charge in [-0.2, -0.15) is 5.26 Å². The summed E-state index contributed by atoms with van der Waals surface area (Å²) in [4.78, 5) is 36.4. The van der Waals surface area contributed by atoms with Gasteiger partial charge in [-0.3, -0.25) is 9.59 Å². The third kappa shape index (κ3) is 4.97. The van der Waals surface area contributed by atoms with Gasteiger partial charge in [0.2, 0.25) is 0 Å². The van der Waals surface area contributed by atoms with Crippen molar-refractivity contribution >= 4 is 17.7 Å². The number of carboxylic acid groups (broad SMARTS) is 1. The number of hydrogen-bond donors (Lipinski definition) is 2. The van der Waals surface area contributed by atoms with Gasteiger partial charge in [0.05, 0.1) is 11.6 Å². The summed E-state index contributed by atoms with van der Waals surface area (Å²) in [6, 6.07) is 22.3. The molecule has 0 aliphatic rings. The number of aliphatic carboxylic acids is 1. The highest BCUT2D eigenvalue weighted by Crippen LogP contribution is 2.13. The Bertz CT molecular complexity index is 1100. The molecule has 0 bridgehead atoms. The molecule has 0 aliphatic heterocycles. The van der Waals surface area contributed by atoms with E-state index in [1.54, 1.807) is 48.5 Å². The lowest BCUT2D eigenvalue weighted by molar-refractivity contribution is -0.139. The first kappa shape index (κ1) is 20.5. The van der Waals surface area contributed by atoms with E-state index in [-0.39, 0.29) is 17.8 Å². The standard InChI is InChI=1S/C24H18N2O4/c25-15-17-8-12-20(13-9-17)23(28)26-21(24(29)30)14-16-6-10-19(11-7-16)22(27)18-4-2-1-3-5-18/h1-13,21H,14H2,(H,26,28)(H,29,30)/t21-/m1/s1. The average molecular weight is 398 g/mol. The van der Waals surface area contributed by atoms with E-state index in [1.165, 1.54) is 24.3 Å². The summed E-state index contributed by atoms with van der Waals surface area (Å²) >= 11 is 0. The maximum absolute atomic E-state index is 12.5. The van der Waals surface area contributed by atoms with E-state index in [2.05, 4.69) is 5.32 Å². The van der Waals surface area contributed by atoms with Crippen molar-refractivity contribution in [3.63, 3.8) is 0 Å². The predicted molar refractivity (Wildman–Crippen MR) is 110 cm³/mol. The number of nitrogens with one attached hydrogen (secondary N) is 1. The Morgan fingerprint density at radius 3 is 1.97 bits per heavy atom. The first-order valence-electron chi connectivity index (χ1n) is 9.20. The molecule has 6 heteroatoms. The van der Waals surface area contributed by atoms with E-state index in [9.17, 15) is 19.5 Å². The molecule has 0 fully saturated rings. The minimum Gasteiger partial charge on any atom is -0.480 e. The number of nitriles is 1. The lowest BCUT2D eigenvalue weighted by Gasteiger charge is -2.15. The van der Waals surface area contributed by atoms with E-state index in [0.29, 0.717) is 22.3 Å². The molecule has 1 amide bonds. The Morgan fingerprint density at radius 2 is 1.40 bits per heavy atom. The summed E-state index contributed by atoms with van der Waals surface area (Å²) < 4.78 is 0. The maximum atomic E-state index is 12.5. The third-order valence-corrected chi connectivity index (χ3v) is 4.57. The molecule has 0 saturated heterocycles. The van der Waals surface area contributed by atoms with Crippen LogP contribution in [-0.4, -0.2) is 28.8 Å². The number of ketones is 1. The lowest BCUT2D eigenvalue weighted by Crippen LogP contribution is -2.42. The van der Waals surface area contributed by atoms with E-state index < -0.39 is 17.9 Å². The molecular weight excluding hydrogens is 380 g/mol. The molecule has 0 spiro atoms. The molecule has 0 heterocycles. The fourth-order valence-corrected chi connectivity index (χ4v) is 2.92. The molecular formula is C24H18N2O4. The average Bonchev–Trinajstić information content (AvgIpc) is 2.79. The second kappa shape index (κ2) is 9.30. The molecule has 30 heavy (non-hydrogen) atoms. The number of hydrogen-bond acceptors (Lipinski definition) is 4. The summed E-state index contributed by atoms with van der Waals surface area (Å²) in [7, 11) is 0. The van der Waals surface area contributed by atoms with Crippen LogP contribution < -0.4 is 5.32 Å². The van der Waals surface area contributed by atoms with Gasteiger partial charge in [0, 0.05) is 23.1 Å². The first-order chi connectivity index (χ1) is 14.5. The first-order valence-corrected chi connectivity index (χ1v) is 9.20. The van der Waals surface area contributed by atoms with Crippen molar-refractivity contribution < 1.29 is 19.5 Å². The van der Waals surface area contributed by atoms with Crippen LogP contribution in [0, 0.1) is 11.3 Å². The fourth-order valence-electron chi connectivity index (χ4n) is 2.92. The van der Waals surface area contributed by atoms with Crippen molar-refractivity contribution in [3.05, 3.63) is 107 Å². The molecule has 0 aromatic heterocycles. The SMILES string of the molecule is N#Cc1ccc(C(=O)N[C@H](Cc2ccc(C(=O)c3ccccc3)cc2)C(=O)O)cc1. The zero-order valence-electron chi connectivity index (χ0n) is 15.9. The second-order valence-corrected chi connectivity index (χ2v) is 6.65. The zero-order chi connectivity index (χ0) is 21.5. The van der Waals surface area contributed by atoms with Crippen LogP contribution in [0.1, 0.15) is 37.4 Å². The van der Waals surface area contributed by atoms with E-state index in [4.69, 9.17) is 5.26 Å². The highest BCUT2D eigenvalue weighted by Gasteiger charge is 2.21. The van der Waals surface area contributed by atoms with Crippen LogP contribution in [0.15, 0.2) is 78.9 Å². The quantitative estimate of drug-likeness (QED) is 0.594. The Morgan fingerprint density at radius 1 is 0.833 bits per heavy atom. The van der Waals surface area contributed by atoms with Gasteiger partial charge in [-0.25, -0.2) is 4.79 Å². The molecule has 0 aliphatic carbocycles. The van der Waals surface area contributed by atoms with Crippen LogP contribution in [0.3, 0.4) is 0 Å². The van der Waals surface area contributed by atoms with Crippen molar-refractivity contribution in [1.29, 1.82) is 5.26 Å². The highest BCUT2D eigenvalue weighted by atomic mass is 16.4. The summed E-state index contributed by atoms with van der Waals surface area (Å²) in [5, 5.41) is 20.8. The molecule has 0 saturated carbocycles. The zero-order valence-corrected chi connectivity index (χ0v) is 15.9. The molecule has 0 radical (unpaired) electrons. The van der Waals surface area contributed by atoms with Crippen molar-refractivity contribution in [2.24, 2.45) is 0 Å². The summed E-state index contributed by atoms with van der Waals surface area (Å²) in [5.74, 6) is -1.82. The monoisotopic (exact) mass is 398 g/mol. The van der Waals surface area contributed by atoms with Gasteiger partial charge in [-0.05, 0) is 29.8 Å². The van der Waals surface area contributed by atoms with Gasteiger partial charge >= 0.3 is 5.97 Å². The van der Waals surface area contributed by atoms with Crippen LogP contribution in [0.5, 0.6) is 0 Å². The Hall–Kier alpha value is -4.24. The molecule has 1 atom stereocenters. The smallest absolute Gasteiger partial charge is 0.326 e. The molecule has 148 valence electrons. The topological polar surface area (TPSA) is 107 Å². The Kier molecular flexibility index (Phi) is 6.36. The number of carbonyl (C=O) groups excluding carboxylic acids is 2. The molecule has 3 aromatic carbocycles. The van der Waals surface area contributed by atoms with Crippen LogP contribution in [-0.2, 0) is 11.2 Å². The van der Waals surface area contributed by atoms with Gasteiger partial charge < -0.3 is 10.4 Å². The van der Waals surface area contributed by atoms with Crippen LogP contribution in [0.2, 0.25) is 0 Å². The third-order valence-electron chi connectivity index (χ3n) is 4.57. The number of carboxylic acids is 1. The van der Waals surface area contributed by atoms with Crippen molar-refractivity contribution in [3.8, 4) is 6.07 Å². The van der Waals surface area contributed by atoms with Crippen LogP contribution in [0.4, 0.5) is 0 Å². The van der Waals surface area contributed by atoms with Crippen molar-refractivity contribution in [1.82, 2.24) is 5.32 Å². The number of carbonyl (C=O) groups is 3. The number of nitrogens with zero attached hydrogens (tertiary/aromatic N) is 1. The maximum Gasteiger partial charge on any atom is 0.326 e. The Balaban J connectivity index is 1.69. The van der Waals surface area contributed by atoms with Gasteiger partial charge in [0.25, 0.3) is 5.91 Å². The van der Waals surface area contributed by atoms with Crippen LogP contribution >= 0.6 is 0 Å². The van der Waals surface area contributed by atoms with Gasteiger partial charge in [0.15, 0.2) is 5.78 Å². The molecule has 3 rings (SSSR count). The van der Waals surface area contributed by atoms with E-state index in [1.807, 2.05) is 12.1 Å². The number of benzene rings is 3. The highest BCUT2D eigenvalue weighted by molar-refractivity contribution is 6.08. The van der Waals surface area contributed by atoms with Gasteiger partial charge in [-0.15, -0.1) is 0 Å². The van der Waals surface area contributed by atoms with E-state index in [0.717, 1.165) is 0 Å². The molecule has 6 nitrogen and oxygen atoms in total. The predicted octanol–water partition coefficient (Wildman–Crippen LogP) is 3.21. The Labute approximate surface area is 173 Å². The summed E-state index contributed by atoms with van der Waals surface area (Å²) in [5.41, 5.74) is 2.42. The summed E-state index contributed by atoms with van der Waals surface area (Å²) in [6.45, 7) is 0. The molecule has 3 aromatic rings. The van der Waals surface area contributed by atoms with Crippen molar-refractivity contribution in [2.75, 3.05) is 0 Å². The van der Waals surface area contributed by atoms with Crippen LogP contribution in [0.25, 0.3) is 0 Å². The number of rotatable bonds is 7. The minimum atomic E-state index is -1.17. The largest absolute Gasteiger partial charge is 0.480 e. The normalized spacial score (nSPS) is 11.2. The van der Waals surface area contributed by atoms with Gasteiger partial charge in [0.1, 0.15) is 6.04 Å². The minimum absolute atomic E-state index is 0.0666. The van der Waals surface area contributed by atoms with Crippen molar-refractivity contribution in [2.45, 2.75) is 12.5 Å². The fraction of sp³-hybridized carbons (Fsp3) is 0.0833. The summed E-state index contributed by atoms with van der Waals surface area (Å²) in [6.07, 6.45) is 0.0666. The van der Waals surface area contributed by atoms with Gasteiger partial charge in [-0.1, -0.05) is 54.6 Å². The molecule has 2 N–H and O–H groups in total. The lowest BCUT2D eigenvalue weighted by atomic mass is 9.99. The van der Waals surface area contributed by atoms with E-state index >= 15 is 0 Å².